The van der Waals surface area contributed by atoms with Crippen LogP contribution in [0.5, 0.6) is 11.5 Å². The molecule has 7 rings (SSSR count). The van der Waals surface area contributed by atoms with Crippen molar-refractivity contribution in [2.75, 3.05) is 27.3 Å². The molecule has 2 unspecified atom stereocenters. The van der Waals surface area contributed by atoms with Crippen LogP contribution in [0.4, 0.5) is 4.79 Å². The number of ether oxygens (including phenoxy) is 3. The molecule has 46 heavy (non-hydrogen) atoms. The molecule has 2 aliphatic carbocycles. The van der Waals surface area contributed by atoms with E-state index in [1.54, 1.807) is 12.7 Å². The van der Waals surface area contributed by atoms with Gasteiger partial charge in [-0.2, -0.15) is 0 Å². The number of carbonyl (C=O) groups is 1. The molecule has 0 spiro atoms. The summed E-state index contributed by atoms with van der Waals surface area (Å²) in [7, 11) is 3.56. The first kappa shape index (κ1) is 32.4. The van der Waals surface area contributed by atoms with Gasteiger partial charge in [-0.15, -0.1) is 0 Å². The number of rotatable bonds is 4. The van der Waals surface area contributed by atoms with Gasteiger partial charge in [0.15, 0.2) is 0 Å². The van der Waals surface area contributed by atoms with Crippen LogP contribution in [0.1, 0.15) is 97.2 Å². The fraction of sp³-hybridized carbons (Fsp3) is 0.525. The molecule has 0 radical (unpaired) electrons. The lowest BCUT2D eigenvalue weighted by Crippen LogP contribution is -2.42. The maximum atomic E-state index is 12.5. The molecule has 4 aliphatic rings. The average molecular weight is 625 g/mol. The van der Waals surface area contributed by atoms with E-state index in [0.717, 1.165) is 50.3 Å². The first-order valence-electron chi connectivity index (χ1n) is 17.2. The number of aryl methyl sites for hydroxylation is 2. The van der Waals surface area contributed by atoms with Crippen molar-refractivity contribution >= 4 is 6.09 Å². The Morgan fingerprint density at radius 3 is 1.85 bits per heavy atom. The van der Waals surface area contributed by atoms with E-state index in [2.05, 4.69) is 73.3 Å². The lowest BCUT2D eigenvalue weighted by molar-refractivity contribution is 0.0209. The van der Waals surface area contributed by atoms with Crippen LogP contribution in [0, 0.1) is 13.8 Å². The molecule has 3 aromatic carbocycles. The zero-order chi connectivity index (χ0) is 32.6. The number of carbonyl (C=O) groups excluding carboxylic acids is 1. The number of benzene rings is 3. The van der Waals surface area contributed by atoms with E-state index < -0.39 is 5.60 Å². The van der Waals surface area contributed by atoms with E-state index in [-0.39, 0.29) is 12.1 Å². The molecule has 2 saturated heterocycles. The molecule has 6 nitrogen and oxygen atoms in total. The third-order valence-electron chi connectivity index (χ3n) is 10.6. The Morgan fingerprint density at radius 1 is 0.739 bits per heavy atom. The second-order valence-corrected chi connectivity index (χ2v) is 14.6. The summed E-state index contributed by atoms with van der Waals surface area (Å²) in [4.78, 5) is 17.1. The van der Waals surface area contributed by atoms with Crippen molar-refractivity contribution in [3.05, 3.63) is 93.5 Å². The quantitative estimate of drug-likeness (QED) is 0.292. The summed E-state index contributed by atoms with van der Waals surface area (Å²) in [5, 5.41) is 0. The molecule has 4 atom stereocenters. The minimum absolute atomic E-state index is 0.174. The van der Waals surface area contributed by atoms with Crippen molar-refractivity contribution in [2.45, 2.75) is 109 Å². The van der Waals surface area contributed by atoms with Crippen LogP contribution < -0.4 is 9.47 Å². The number of hydrogen-bond donors (Lipinski definition) is 0. The van der Waals surface area contributed by atoms with Gasteiger partial charge >= 0.3 is 6.09 Å². The minimum atomic E-state index is -0.442. The Labute approximate surface area is 276 Å². The maximum absolute atomic E-state index is 12.5. The van der Waals surface area contributed by atoms with Crippen LogP contribution in [0.3, 0.4) is 0 Å². The van der Waals surface area contributed by atoms with Gasteiger partial charge in [-0.3, -0.25) is 4.90 Å². The Balaban J connectivity index is 0.000000162. The molecule has 2 heterocycles. The smallest absolute Gasteiger partial charge is 0.410 e. The summed E-state index contributed by atoms with van der Waals surface area (Å²) in [6.45, 7) is 13.1. The highest BCUT2D eigenvalue weighted by Gasteiger charge is 2.43. The zero-order valence-electron chi connectivity index (χ0n) is 28.9. The SMILES string of the molecule is COc1c(C)ccc2c1CC[C@H]1C2CCN1C(=O)OC(C)(C)C.COc1c(C)ccc2c1CC[C@H]1C2CCN1Cc1ccccc1. The zero-order valence-corrected chi connectivity index (χ0v) is 28.9. The van der Waals surface area contributed by atoms with Crippen LogP contribution in [-0.2, 0) is 24.1 Å². The maximum Gasteiger partial charge on any atom is 0.410 e. The van der Waals surface area contributed by atoms with Gasteiger partial charge in [0.05, 0.1) is 14.2 Å². The molecule has 1 amide bonds. The first-order chi connectivity index (χ1) is 22.1. The molecular weight excluding hydrogens is 572 g/mol. The highest BCUT2D eigenvalue weighted by Crippen LogP contribution is 2.47. The summed E-state index contributed by atoms with van der Waals surface area (Å²) < 4.78 is 16.9. The number of amides is 1. The summed E-state index contributed by atoms with van der Waals surface area (Å²) in [5.41, 5.74) is 9.14. The molecule has 246 valence electrons. The Morgan fingerprint density at radius 2 is 1.28 bits per heavy atom. The third kappa shape index (κ3) is 6.38. The number of hydrogen-bond acceptors (Lipinski definition) is 5. The van der Waals surface area contributed by atoms with Gasteiger partial charge in [-0.1, -0.05) is 54.6 Å². The molecule has 0 N–H and O–H groups in total. The highest BCUT2D eigenvalue weighted by atomic mass is 16.6. The Kier molecular flexibility index (Phi) is 9.38. The van der Waals surface area contributed by atoms with Crippen LogP contribution >= 0.6 is 0 Å². The first-order valence-corrected chi connectivity index (χ1v) is 17.2. The van der Waals surface area contributed by atoms with Crippen molar-refractivity contribution in [3.8, 4) is 11.5 Å². The monoisotopic (exact) mass is 624 g/mol. The average Bonchev–Trinajstić information content (AvgIpc) is 3.65. The van der Waals surface area contributed by atoms with E-state index >= 15 is 0 Å². The predicted molar refractivity (Wildman–Crippen MR) is 184 cm³/mol. The van der Waals surface area contributed by atoms with E-state index in [4.69, 9.17) is 14.2 Å². The summed E-state index contributed by atoms with van der Waals surface area (Å²) in [6, 6.07) is 20.8. The van der Waals surface area contributed by atoms with Crippen molar-refractivity contribution < 1.29 is 19.0 Å². The second kappa shape index (κ2) is 13.3. The van der Waals surface area contributed by atoms with Crippen molar-refractivity contribution in [3.63, 3.8) is 0 Å². The lowest BCUT2D eigenvalue weighted by atomic mass is 9.78. The lowest BCUT2D eigenvalue weighted by Gasteiger charge is -2.35. The Hall–Kier alpha value is -3.51. The number of nitrogens with zero attached hydrogens (tertiary/aromatic N) is 2. The van der Waals surface area contributed by atoms with Gasteiger partial charge in [0.1, 0.15) is 17.1 Å². The van der Waals surface area contributed by atoms with Gasteiger partial charge < -0.3 is 19.1 Å². The van der Waals surface area contributed by atoms with E-state index in [1.807, 2.05) is 32.8 Å². The van der Waals surface area contributed by atoms with Gasteiger partial charge in [0, 0.05) is 37.0 Å². The summed E-state index contributed by atoms with van der Waals surface area (Å²) in [5.74, 6) is 3.23. The molecule has 6 heteroatoms. The highest BCUT2D eigenvalue weighted by molar-refractivity contribution is 5.69. The third-order valence-corrected chi connectivity index (χ3v) is 10.6. The molecular formula is C40H52N2O4. The van der Waals surface area contributed by atoms with E-state index in [0.29, 0.717) is 17.9 Å². The number of fused-ring (bicyclic) bond motifs is 6. The van der Waals surface area contributed by atoms with Crippen LogP contribution in [-0.4, -0.2) is 60.9 Å². The second-order valence-electron chi connectivity index (χ2n) is 14.6. The van der Waals surface area contributed by atoms with Crippen molar-refractivity contribution in [2.24, 2.45) is 0 Å². The normalized spacial score (nSPS) is 23.3. The van der Waals surface area contributed by atoms with Crippen molar-refractivity contribution in [1.29, 1.82) is 0 Å². The molecule has 2 aliphatic heterocycles. The van der Waals surface area contributed by atoms with Gasteiger partial charge in [0.2, 0.25) is 0 Å². The molecule has 0 saturated carbocycles. The largest absolute Gasteiger partial charge is 0.496 e. The van der Waals surface area contributed by atoms with Gasteiger partial charge in [-0.05, 0) is 119 Å². The van der Waals surface area contributed by atoms with Crippen LogP contribution in [0.15, 0.2) is 54.6 Å². The van der Waals surface area contributed by atoms with Crippen LogP contribution in [0.25, 0.3) is 0 Å². The molecule has 3 aromatic rings. The fourth-order valence-electron chi connectivity index (χ4n) is 8.68. The minimum Gasteiger partial charge on any atom is -0.496 e. The van der Waals surface area contributed by atoms with Crippen LogP contribution in [0.2, 0.25) is 0 Å². The topological polar surface area (TPSA) is 51.2 Å². The summed E-state index contributed by atoms with van der Waals surface area (Å²) >= 11 is 0. The molecule has 0 aromatic heterocycles. The standard InChI is InChI=1S/C21H25NO.C19H27NO3/c1-15-8-9-17-18-12-13-22(14-16-6-4-3-5-7-16)20(18)11-10-19(17)21(15)23-2;1-12-6-7-13-14-10-11-20(18(21)23-19(2,3)4)16(14)9-8-15(13)17(12)22-5/h3-9,18,20H,10-14H2,1-2H3;6-7,14,16H,8-11H2,1-5H3/t18?,20-;14?,16-/m00/s1. The number of likely N-dealkylation sites (tertiary alicyclic amines) is 2. The van der Waals surface area contributed by atoms with E-state index in [1.165, 1.54) is 52.8 Å². The van der Waals surface area contributed by atoms with Gasteiger partial charge in [-0.25, -0.2) is 4.79 Å². The van der Waals surface area contributed by atoms with E-state index in [9.17, 15) is 4.79 Å². The van der Waals surface area contributed by atoms with Crippen molar-refractivity contribution in [1.82, 2.24) is 9.80 Å². The van der Waals surface area contributed by atoms with Gasteiger partial charge in [0.25, 0.3) is 0 Å². The Bertz CT molecular complexity index is 1550. The number of methoxy groups -OCH3 is 2. The molecule has 2 fully saturated rings. The predicted octanol–water partition coefficient (Wildman–Crippen LogP) is 8.35. The summed E-state index contributed by atoms with van der Waals surface area (Å²) in [6.07, 6.45) is 6.45. The fourth-order valence-corrected chi connectivity index (χ4v) is 8.68. The molecule has 0 bridgehead atoms.